The van der Waals surface area contributed by atoms with Crippen molar-refractivity contribution in [2.45, 2.75) is 47.6 Å². The molecule has 2 aromatic carbocycles. The van der Waals surface area contributed by atoms with Crippen molar-refractivity contribution < 1.29 is 4.74 Å². The van der Waals surface area contributed by atoms with Crippen molar-refractivity contribution in [2.24, 2.45) is 7.05 Å². The number of hydrogen-bond acceptors (Lipinski definition) is 1. The number of ether oxygens (including phenoxy) is 1. The molecule has 3 rings (SSSR count). The van der Waals surface area contributed by atoms with Gasteiger partial charge in [0.1, 0.15) is 12.4 Å². The maximum Gasteiger partial charge on any atom is 0.129 e. The van der Waals surface area contributed by atoms with E-state index in [-0.39, 0.29) is 0 Å². The Morgan fingerprint density at radius 2 is 1.68 bits per heavy atom. The van der Waals surface area contributed by atoms with E-state index in [1.54, 1.807) is 0 Å². The number of benzene rings is 2. The quantitative estimate of drug-likeness (QED) is 0.417. The predicted octanol–water partition coefficient (Wildman–Crippen LogP) is 7.62. The Hall–Kier alpha value is -2.74. The van der Waals surface area contributed by atoms with Crippen molar-refractivity contribution >= 4 is 10.9 Å². The van der Waals surface area contributed by atoms with Gasteiger partial charge in [0.2, 0.25) is 0 Å². The highest BCUT2D eigenvalue weighted by Gasteiger charge is 2.07. The number of fused-ring (bicyclic) bond motifs is 1. The average molecular weight is 378 g/mol. The summed E-state index contributed by atoms with van der Waals surface area (Å²) in [7, 11) is 2.08. The first kappa shape index (κ1) is 23.3. The molecule has 2 nitrogen and oxygen atoms in total. The van der Waals surface area contributed by atoms with Crippen LogP contribution in [0.1, 0.15) is 45.4 Å². The Balaban J connectivity index is 0.000000372. The van der Waals surface area contributed by atoms with Gasteiger partial charge in [-0.1, -0.05) is 81.5 Å². The highest BCUT2D eigenvalue weighted by molar-refractivity contribution is 5.87. The van der Waals surface area contributed by atoms with Crippen LogP contribution in [0.3, 0.4) is 0 Å². The zero-order valence-electron chi connectivity index (χ0n) is 18.3. The van der Waals surface area contributed by atoms with Crippen molar-refractivity contribution in [2.75, 3.05) is 0 Å². The van der Waals surface area contributed by atoms with Crippen LogP contribution >= 0.6 is 0 Å². The normalized spacial score (nSPS) is 10.5. The minimum atomic E-state index is 0.605. The molecule has 0 saturated carbocycles. The Labute approximate surface area is 171 Å². The lowest BCUT2D eigenvalue weighted by atomic mass is 10.2. The first-order valence-corrected chi connectivity index (χ1v) is 10.2. The summed E-state index contributed by atoms with van der Waals surface area (Å²) < 4.78 is 8.15. The molecule has 0 unspecified atom stereocenters. The zero-order valence-corrected chi connectivity index (χ0v) is 18.3. The average Bonchev–Trinajstić information content (AvgIpc) is 3.04. The maximum atomic E-state index is 5.96. The minimum Gasteiger partial charge on any atom is -0.488 e. The van der Waals surface area contributed by atoms with Crippen LogP contribution in [0.15, 0.2) is 78.9 Å². The second kappa shape index (κ2) is 13.4. The van der Waals surface area contributed by atoms with E-state index < -0.39 is 0 Å². The van der Waals surface area contributed by atoms with Crippen molar-refractivity contribution in [3.8, 4) is 5.75 Å². The molecule has 3 aromatic rings. The topological polar surface area (TPSA) is 14.2 Å². The largest absolute Gasteiger partial charge is 0.488 e. The zero-order chi connectivity index (χ0) is 20.8. The van der Waals surface area contributed by atoms with Gasteiger partial charge in [-0.3, -0.25) is 0 Å². The summed E-state index contributed by atoms with van der Waals surface area (Å²) in [6.45, 7) is 10.9. The Morgan fingerprint density at radius 1 is 0.964 bits per heavy atom. The molecule has 0 saturated heterocycles. The lowest BCUT2D eigenvalue weighted by Gasteiger charge is -2.08. The Bertz CT molecular complexity index is 857. The van der Waals surface area contributed by atoms with Crippen LogP contribution in [0.2, 0.25) is 0 Å². The van der Waals surface area contributed by atoms with E-state index in [1.807, 2.05) is 63.3 Å². The molecule has 0 spiro atoms. The Morgan fingerprint density at radius 3 is 2.32 bits per heavy atom. The fourth-order valence-corrected chi connectivity index (χ4v) is 2.65. The molecule has 0 aliphatic rings. The standard InChI is InChI=1S/C17H17NO.C7H12.C2H6/c1-13-11-15-16(18(13)2)9-6-10-17(15)19-12-14-7-4-3-5-8-14;1-3-5-7-6-4-2;1-2/h3-11H,12H2,1-2H3;3,5-7H,4H2,1-2H3;1-2H3/b;5-3-,7-6-;. The van der Waals surface area contributed by atoms with Gasteiger partial charge in [0.05, 0.1) is 5.52 Å². The number of hydrogen-bond donors (Lipinski definition) is 0. The van der Waals surface area contributed by atoms with Gasteiger partial charge in [-0.05, 0) is 44.0 Å². The first-order valence-electron chi connectivity index (χ1n) is 10.2. The third-order valence-corrected chi connectivity index (χ3v) is 4.20. The molecular weight excluding hydrogens is 342 g/mol. The number of allylic oxidation sites excluding steroid dienone is 4. The smallest absolute Gasteiger partial charge is 0.129 e. The molecule has 1 heterocycles. The van der Waals surface area contributed by atoms with Gasteiger partial charge >= 0.3 is 0 Å². The highest BCUT2D eigenvalue weighted by atomic mass is 16.5. The lowest BCUT2D eigenvalue weighted by Crippen LogP contribution is -1.95. The summed E-state index contributed by atoms with van der Waals surface area (Å²) in [4.78, 5) is 0. The molecule has 28 heavy (non-hydrogen) atoms. The van der Waals surface area contributed by atoms with E-state index in [4.69, 9.17) is 4.74 Å². The van der Waals surface area contributed by atoms with E-state index in [0.717, 1.165) is 12.2 Å². The number of aromatic nitrogens is 1. The van der Waals surface area contributed by atoms with Crippen molar-refractivity contribution in [1.29, 1.82) is 0 Å². The van der Waals surface area contributed by atoms with Crippen LogP contribution in [0.5, 0.6) is 5.75 Å². The SMILES string of the molecule is C/C=C\C=C/CC.CC.Cc1cc2c(OCc3ccccc3)cccc2n1C. The third-order valence-electron chi connectivity index (χ3n) is 4.20. The summed E-state index contributed by atoms with van der Waals surface area (Å²) >= 11 is 0. The van der Waals surface area contributed by atoms with Gasteiger partial charge in [-0.2, -0.15) is 0 Å². The van der Waals surface area contributed by atoms with E-state index in [1.165, 1.54) is 22.2 Å². The van der Waals surface area contributed by atoms with Gasteiger partial charge in [-0.25, -0.2) is 0 Å². The number of nitrogens with zero attached hydrogens (tertiary/aromatic N) is 1. The Kier molecular flexibility index (Phi) is 11.2. The van der Waals surface area contributed by atoms with Crippen molar-refractivity contribution in [3.05, 3.63) is 90.2 Å². The fourth-order valence-electron chi connectivity index (χ4n) is 2.65. The summed E-state index contributed by atoms with van der Waals surface area (Å²) in [6.07, 6.45) is 9.36. The summed E-state index contributed by atoms with van der Waals surface area (Å²) in [5.41, 5.74) is 3.64. The second-order valence-corrected chi connectivity index (χ2v) is 6.17. The molecular formula is C26H35NO. The van der Waals surface area contributed by atoms with Crippen molar-refractivity contribution in [3.63, 3.8) is 0 Å². The molecule has 0 radical (unpaired) electrons. The van der Waals surface area contributed by atoms with Crippen LogP contribution in [0.4, 0.5) is 0 Å². The van der Waals surface area contributed by atoms with Gasteiger partial charge < -0.3 is 9.30 Å². The molecule has 0 atom stereocenters. The van der Waals surface area contributed by atoms with Crippen LogP contribution in [-0.4, -0.2) is 4.57 Å². The molecule has 0 N–H and O–H groups in total. The second-order valence-electron chi connectivity index (χ2n) is 6.17. The summed E-state index contributed by atoms with van der Waals surface area (Å²) in [5, 5.41) is 1.18. The molecule has 1 aromatic heterocycles. The molecule has 0 aliphatic carbocycles. The van der Waals surface area contributed by atoms with E-state index >= 15 is 0 Å². The summed E-state index contributed by atoms with van der Waals surface area (Å²) in [6, 6.07) is 18.6. The maximum absolute atomic E-state index is 5.96. The molecule has 150 valence electrons. The summed E-state index contributed by atoms with van der Waals surface area (Å²) in [5.74, 6) is 0.949. The van der Waals surface area contributed by atoms with Gasteiger partial charge in [-0.15, -0.1) is 0 Å². The third kappa shape index (κ3) is 7.11. The van der Waals surface area contributed by atoms with E-state index in [2.05, 4.69) is 61.9 Å². The van der Waals surface area contributed by atoms with Crippen LogP contribution < -0.4 is 4.74 Å². The molecule has 0 amide bonds. The highest BCUT2D eigenvalue weighted by Crippen LogP contribution is 2.28. The van der Waals surface area contributed by atoms with Gasteiger partial charge in [0.15, 0.2) is 0 Å². The first-order chi connectivity index (χ1) is 13.7. The van der Waals surface area contributed by atoms with Crippen LogP contribution in [0, 0.1) is 6.92 Å². The lowest BCUT2D eigenvalue weighted by molar-refractivity contribution is 0.310. The number of aryl methyl sites for hydroxylation is 2. The van der Waals surface area contributed by atoms with Gasteiger partial charge in [0.25, 0.3) is 0 Å². The molecule has 2 heteroatoms. The van der Waals surface area contributed by atoms with Crippen molar-refractivity contribution in [1.82, 2.24) is 4.57 Å². The van der Waals surface area contributed by atoms with E-state index in [0.29, 0.717) is 6.61 Å². The van der Waals surface area contributed by atoms with E-state index in [9.17, 15) is 0 Å². The monoisotopic (exact) mass is 377 g/mol. The molecule has 0 fully saturated rings. The number of rotatable bonds is 5. The molecule has 0 bridgehead atoms. The molecule has 0 aliphatic heterocycles. The van der Waals surface area contributed by atoms with Crippen LogP contribution in [0.25, 0.3) is 10.9 Å². The van der Waals surface area contributed by atoms with Crippen LogP contribution in [-0.2, 0) is 13.7 Å². The van der Waals surface area contributed by atoms with Gasteiger partial charge in [0, 0.05) is 18.1 Å². The predicted molar refractivity (Wildman–Crippen MR) is 124 cm³/mol. The fraction of sp³-hybridized carbons (Fsp3) is 0.308. The minimum absolute atomic E-state index is 0.605.